The first-order valence-corrected chi connectivity index (χ1v) is 9.23. The minimum absolute atomic E-state index is 0.242. The van der Waals surface area contributed by atoms with Gasteiger partial charge in [-0.05, 0) is 43.2 Å². The van der Waals surface area contributed by atoms with Gasteiger partial charge in [-0.1, -0.05) is 0 Å². The molecule has 1 aromatic carbocycles. The summed E-state index contributed by atoms with van der Waals surface area (Å²) in [6.07, 6.45) is 1.29. The monoisotopic (exact) mass is 396 g/mol. The van der Waals surface area contributed by atoms with Crippen LogP contribution in [0.2, 0.25) is 0 Å². The topological polar surface area (TPSA) is 132 Å². The molecule has 1 fully saturated rings. The highest BCUT2D eigenvalue weighted by Gasteiger charge is 2.45. The van der Waals surface area contributed by atoms with E-state index in [0.29, 0.717) is 35.5 Å². The van der Waals surface area contributed by atoms with Crippen molar-refractivity contribution in [3.8, 4) is 11.3 Å². The Morgan fingerprint density at radius 1 is 1.24 bits per heavy atom. The molecule has 150 valence electrons. The Labute approximate surface area is 165 Å². The highest BCUT2D eigenvalue weighted by atomic mass is 16.4. The summed E-state index contributed by atoms with van der Waals surface area (Å²) in [6, 6.07) is 7.14. The van der Waals surface area contributed by atoms with Crippen molar-refractivity contribution < 1.29 is 28.7 Å². The summed E-state index contributed by atoms with van der Waals surface area (Å²) in [6.45, 7) is 0.298. The molecule has 1 saturated heterocycles. The highest BCUT2D eigenvalue weighted by molar-refractivity contribution is 6.11. The fraction of sp³-hybridized carbons (Fsp3) is 0.300. The van der Waals surface area contributed by atoms with E-state index in [4.69, 9.17) is 4.42 Å². The first-order valence-electron chi connectivity index (χ1n) is 9.23. The van der Waals surface area contributed by atoms with E-state index in [1.54, 1.807) is 30.3 Å². The molecule has 0 radical (unpaired) electrons. The van der Waals surface area contributed by atoms with Gasteiger partial charge in [-0.3, -0.25) is 14.4 Å². The minimum Gasteiger partial charge on any atom is -0.550 e. The van der Waals surface area contributed by atoms with Gasteiger partial charge in [-0.15, -0.1) is 0 Å². The molecule has 9 nitrogen and oxygen atoms in total. The zero-order valence-electron chi connectivity index (χ0n) is 15.3. The molecule has 2 atom stereocenters. The van der Waals surface area contributed by atoms with Gasteiger partial charge in [-0.25, -0.2) is 0 Å². The van der Waals surface area contributed by atoms with Crippen LogP contribution in [-0.2, 0) is 14.4 Å². The van der Waals surface area contributed by atoms with Crippen LogP contribution in [0.15, 0.2) is 41.0 Å². The zero-order chi connectivity index (χ0) is 20.5. The highest BCUT2D eigenvalue weighted by Crippen LogP contribution is 2.32. The Morgan fingerprint density at radius 3 is 2.79 bits per heavy atom. The summed E-state index contributed by atoms with van der Waals surface area (Å²) < 4.78 is 5.38. The van der Waals surface area contributed by atoms with E-state index < -0.39 is 36.3 Å². The number of furan rings is 1. The van der Waals surface area contributed by atoms with Gasteiger partial charge in [0.05, 0.1) is 23.6 Å². The third kappa shape index (κ3) is 3.58. The van der Waals surface area contributed by atoms with E-state index >= 15 is 0 Å². The van der Waals surface area contributed by atoms with Gasteiger partial charge >= 0.3 is 0 Å². The number of carboxylic acid groups (broad SMARTS) is 1. The van der Waals surface area contributed by atoms with Gasteiger partial charge in [0, 0.05) is 24.5 Å². The van der Waals surface area contributed by atoms with E-state index in [9.17, 15) is 24.3 Å². The molecule has 3 amide bonds. The van der Waals surface area contributed by atoms with Gasteiger partial charge in [0.15, 0.2) is 0 Å². The second-order valence-electron chi connectivity index (χ2n) is 7.00. The molecular weight excluding hydrogens is 378 g/mol. The second kappa shape index (κ2) is 7.42. The number of nitrogens with zero attached hydrogens (tertiary/aromatic N) is 1. The molecule has 0 saturated carbocycles. The van der Waals surface area contributed by atoms with Crippen LogP contribution in [0, 0.1) is 0 Å². The maximum atomic E-state index is 13.1. The quantitative estimate of drug-likeness (QED) is 0.738. The molecular formula is C20H18N3O6-. The lowest BCUT2D eigenvalue weighted by molar-refractivity contribution is -0.305. The van der Waals surface area contributed by atoms with Crippen LogP contribution < -0.4 is 15.7 Å². The number of hydrogen-bond donors (Lipinski definition) is 2. The lowest BCUT2D eigenvalue weighted by atomic mass is 10.1. The molecule has 4 rings (SSSR count). The van der Waals surface area contributed by atoms with Crippen LogP contribution in [0.3, 0.4) is 0 Å². The molecule has 3 heterocycles. The molecule has 0 unspecified atom stereocenters. The van der Waals surface area contributed by atoms with Crippen molar-refractivity contribution in [2.45, 2.75) is 31.3 Å². The number of anilines is 1. The predicted octanol–water partition coefficient (Wildman–Crippen LogP) is 0.128. The molecule has 2 aliphatic heterocycles. The van der Waals surface area contributed by atoms with E-state index in [0.717, 1.165) is 0 Å². The Kier molecular flexibility index (Phi) is 4.79. The molecule has 29 heavy (non-hydrogen) atoms. The first-order chi connectivity index (χ1) is 13.9. The van der Waals surface area contributed by atoms with Crippen molar-refractivity contribution in [1.29, 1.82) is 0 Å². The number of hydrogen-bond acceptors (Lipinski definition) is 6. The summed E-state index contributed by atoms with van der Waals surface area (Å²) in [5.41, 5.74) is 1.45. The zero-order valence-corrected chi connectivity index (χ0v) is 15.3. The summed E-state index contributed by atoms with van der Waals surface area (Å²) in [7, 11) is 0. The number of aliphatic carboxylic acids is 1. The average Bonchev–Trinajstić information content (AvgIpc) is 3.34. The van der Waals surface area contributed by atoms with Crippen molar-refractivity contribution in [2.24, 2.45) is 0 Å². The number of fused-ring (bicyclic) bond motifs is 2. The van der Waals surface area contributed by atoms with Crippen LogP contribution in [0.1, 0.15) is 29.6 Å². The molecule has 1 aromatic heterocycles. The molecule has 2 aromatic rings. The van der Waals surface area contributed by atoms with Crippen molar-refractivity contribution in [2.75, 3.05) is 11.9 Å². The smallest absolute Gasteiger partial charge is 0.256 e. The van der Waals surface area contributed by atoms with Crippen LogP contribution in [-0.4, -0.2) is 47.2 Å². The Bertz CT molecular complexity index is 984. The Morgan fingerprint density at radius 2 is 2.07 bits per heavy atom. The van der Waals surface area contributed by atoms with Crippen molar-refractivity contribution in [3.05, 3.63) is 42.2 Å². The molecule has 0 bridgehead atoms. The fourth-order valence-corrected chi connectivity index (χ4v) is 3.78. The number of carbonyl (C=O) groups is 4. The van der Waals surface area contributed by atoms with Crippen LogP contribution >= 0.6 is 0 Å². The number of carboxylic acids is 1. The van der Waals surface area contributed by atoms with E-state index in [1.165, 1.54) is 11.2 Å². The molecule has 2 N–H and O–H groups in total. The van der Waals surface area contributed by atoms with E-state index in [2.05, 4.69) is 10.6 Å². The van der Waals surface area contributed by atoms with Gasteiger partial charge in [0.1, 0.15) is 11.8 Å². The average molecular weight is 396 g/mol. The summed E-state index contributed by atoms with van der Waals surface area (Å²) in [5.74, 6) is -1.93. The van der Waals surface area contributed by atoms with Gasteiger partial charge in [0.25, 0.3) is 5.91 Å². The number of rotatable bonds is 5. The SMILES string of the molecule is O=C([O-])CCC(=O)N[C@H]1CCN2C(=O)c3cc(-c4ccco4)ccc3NC(=O)[C@H]12. The summed E-state index contributed by atoms with van der Waals surface area (Å²) >= 11 is 0. The third-order valence-electron chi connectivity index (χ3n) is 5.14. The maximum absolute atomic E-state index is 13.1. The molecule has 0 spiro atoms. The fourth-order valence-electron chi connectivity index (χ4n) is 3.78. The lowest BCUT2D eigenvalue weighted by Crippen LogP contribution is -2.51. The third-order valence-corrected chi connectivity index (χ3v) is 5.14. The normalized spacial score (nSPS) is 20.5. The largest absolute Gasteiger partial charge is 0.550 e. The second-order valence-corrected chi connectivity index (χ2v) is 7.00. The standard InChI is InChI=1S/C20H19N3O6/c24-16(5-6-17(25)26)21-14-7-8-23-18(14)19(27)22-13-4-3-11(10-12(13)20(23)28)15-2-1-9-29-15/h1-4,9-10,14,18H,5-8H2,(H,21,24)(H,22,27)(H,25,26)/p-1/t14-,18-/m0/s1. The lowest BCUT2D eigenvalue weighted by Gasteiger charge is -2.25. The summed E-state index contributed by atoms with van der Waals surface area (Å²) in [4.78, 5) is 49.9. The predicted molar refractivity (Wildman–Crippen MR) is 98.4 cm³/mol. The molecule has 2 aliphatic rings. The van der Waals surface area contributed by atoms with Gasteiger partial charge in [0.2, 0.25) is 11.8 Å². The van der Waals surface area contributed by atoms with Crippen molar-refractivity contribution in [3.63, 3.8) is 0 Å². The number of amides is 3. The molecule has 0 aliphatic carbocycles. The van der Waals surface area contributed by atoms with E-state index in [-0.39, 0.29) is 12.3 Å². The van der Waals surface area contributed by atoms with Crippen molar-refractivity contribution >= 4 is 29.4 Å². The van der Waals surface area contributed by atoms with Crippen LogP contribution in [0.25, 0.3) is 11.3 Å². The summed E-state index contributed by atoms with van der Waals surface area (Å²) in [5, 5.41) is 16.0. The van der Waals surface area contributed by atoms with Crippen LogP contribution in [0.4, 0.5) is 5.69 Å². The van der Waals surface area contributed by atoms with Crippen molar-refractivity contribution in [1.82, 2.24) is 10.2 Å². The number of carbonyl (C=O) groups excluding carboxylic acids is 4. The Hall–Kier alpha value is -3.62. The number of nitrogens with one attached hydrogen (secondary N) is 2. The first kappa shape index (κ1) is 18.7. The van der Waals surface area contributed by atoms with Gasteiger partial charge < -0.3 is 29.9 Å². The Balaban J connectivity index is 1.57. The molecule has 9 heteroatoms. The minimum atomic E-state index is -1.32. The van der Waals surface area contributed by atoms with Gasteiger partial charge in [-0.2, -0.15) is 0 Å². The van der Waals surface area contributed by atoms with E-state index in [1.807, 2.05) is 0 Å². The number of benzene rings is 1. The maximum Gasteiger partial charge on any atom is 0.256 e. The van der Waals surface area contributed by atoms with Crippen LogP contribution in [0.5, 0.6) is 0 Å².